The zero-order valence-electron chi connectivity index (χ0n) is 11.7. The highest BCUT2D eigenvalue weighted by atomic mass is 79.9. The minimum atomic E-state index is -0.0955. The van der Waals surface area contributed by atoms with Crippen LogP contribution in [0.25, 0.3) is 0 Å². The fourth-order valence-electron chi connectivity index (χ4n) is 1.95. The minimum absolute atomic E-state index is 0.0955. The predicted molar refractivity (Wildman–Crippen MR) is 83.8 cm³/mol. The lowest BCUT2D eigenvalue weighted by atomic mass is 10.0. The van der Waals surface area contributed by atoms with Crippen molar-refractivity contribution in [3.8, 4) is 0 Å². The Bertz CT molecular complexity index is 441. The molecule has 0 heterocycles. The van der Waals surface area contributed by atoms with Crippen molar-refractivity contribution in [2.45, 2.75) is 19.9 Å². The molecule has 106 valence electrons. The second-order valence-electron chi connectivity index (χ2n) is 5.11. The molecular formula is C14H20BrClN2O. The van der Waals surface area contributed by atoms with E-state index in [0.29, 0.717) is 29.1 Å². The highest BCUT2D eigenvalue weighted by Gasteiger charge is 2.17. The molecule has 1 aromatic carbocycles. The number of hydrogen-bond acceptors (Lipinski definition) is 2. The van der Waals surface area contributed by atoms with E-state index in [1.165, 1.54) is 0 Å². The molecular weight excluding hydrogens is 328 g/mol. The quantitative estimate of drug-likeness (QED) is 0.885. The molecule has 1 aromatic rings. The van der Waals surface area contributed by atoms with Crippen LogP contribution < -0.4 is 5.32 Å². The normalized spacial score (nSPS) is 12.8. The summed E-state index contributed by atoms with van der Waals surface area (Å²) in [5.74, 6) is 0.380. The van der Waals surface area contributed by atoms with Crippen LogP contribution in [0.3, 0.4) is 0 Å². The van der Waals surface area contributed by atoms with Crippen LogP contribution in [-0.2, 0) is 0 Å². The van der Waals surface area contributed by atoms with E-state index in [9.17, 15) is 4.79 Å². The molecule has 0 radical (unpaired) electrons. The Morgan fingerprint density at radius 2 is 2.05 bits per heavy atom. The van der Waals surface area contributed by atoms with Gasteiger partial charge in [0.15, 0.2) is 0 Å². The van der Waals surface area contributed by atoms with Crippen LogP contribution in [0.1, 0.15) is 24.2 Å². The smallest absolute Gasteiger partial charge is 0.251 e. The number of likely N-dealkylation sites (N-methyl/N-ethyl adjacent to an activating group) is 1. The average Bonchev–Trinajstić information content (AvgIpc) is 2.31. The maximum absolute atomic E-state index is 12.1. The van der Waals surface area contributed by atoms with E-state index in [1.807, 2.05) is 14.1 Å². The van der Waals surface area contributed by atoms with Crippen LogP contribution in [0.2, 0.25) is 5.02 Å². The Morgan fingerprint density at radius 3 is 2.53 bits per heavy atom. The zero-order valence-corrected chi connectivity index (χ0v) is 14.0. The number of amides is 1. The van der Waals surface area contributed by atoms with Crippen LogP contribution in [0.5, 0.6) is 0 Å². The average molecular weight is 348 g/mol. The van der Waals surface area contributed by atoms with E-state index in [0.717, 1.165) is 4.47 Å². The number of nitrogens with one attached hydrogen (secondary N) is 1. The first kappa shape index (κ1) is 16.5. The number of benzene rings is 1. The SMILES string of the molecule is CC(C)C(CNC(=O)c1ccc(Br)c(Cl)c1)N(C)C. The molecule has 5 heteroatoms. The first-order valence-corrected chi connectivity index (χ1v) is 7.39. The van der Waals surface area contributed by atoms with Crippen molar-refractivity contribution in [3.63, 3.8) is 0 Å². The molecule has 0 aliphatic heterocycles. The Hall–Kier alpha value is -0.580. The summed E-state index contributed by atoms with van der Waals surface area (Å²) in [6, 6.07) is 5.52. The highest BCUT2D eigenvalue weighted by Crippen LogP contribution is 2.23. The Balaban J connectivity index is 2.66. The lowest BCUT2D eigenvalue weighted by Gasteiger charge is -2.28. The van der Waals surface area contributed by atoms with E-state index in [1.54, 1.807) is 18.2 Å². The first-order valence-electron chi connectivity index (χ1n) is 6.22. The van der Waals surface area contributed by atoms with Crippen molar-refractivity contribution in [2.75, 3.05) is 20.6 Å². The van der Waals surface area contributed by atoms with E-state index < -0.39 is 0 Å². The summed E-state index contributed by atoms with van der Waals surface area (Å²) in [5, 5.41) is 3.50. The van der Waals surface area contributed by atoms with Gasteiger partial charge in [-0.2, -0.15) is 0 Å². The van der Waals surface area contributed by atoms with Crippen molar-refractivity contribution >= 4 is 33.4 Å². The maximum atomic E-state index is 12.1. The Kier molecular flexibility index (Phi) is 6.30. The molecule has 0 saturated carbocycles. The monoisotopic (exact) mass is 346 g/mol. The van der Waals surface area contributed by atoms with Gasteiger partial charge >= 0.3 is 0 Å². The summed E-state index contributed by atoms with van der Waals surface area (Å²) < 4.78 is 0.791. The van der Waals surface area contributed by atoms with Crippen molar-refractivity contribution < 1.29 is 4.79 Å². The van der Waals surface area contributed by atoms with E-state index in [4.69, 9.17) is 11.6 Å². The van der Waals surface area contributed by atoms with Gasteiger partial charge in [-0.25, -0.2) is 0 Å². The van der Waals surface area contributed by atoms with Crippen LogP contribution >= 0.6 is 27.5 Å². The highest BCUT2D eigenvalue weighted by molar-refractivity contribution is 9.10. The molecule has 0 bridgehead atoms. The van der Waals surface area contributed by atoms with Crippen LogP contribution in [0, 0.1) is 5.92 Å². The maximum Gasteiger partial charge on any atom is 0.251 e. The number of carbonyl (C=O) groups is 1. The molecule has 0 fully saturated rings. The van der Waals surface area contributed by atoms with Gasteiger partial charge in [0, 0.05) is 22.6 Å². The fourth-order valence-corrected chi connectivity index (χ4v) is 2.38. The summed E-state index contributed by atoms with van der Waals surface area (Å²) in [7, 11) is 4.04. The van der Waals surface area contributed by atoms with E-state index in [2.05, 4.69) is 40.0 Å². The third kappa shape index (κ3) is 4.79. The molecule has 1 amide bonds. The van der Waals surface area contributed by atoms with Crippen LogP contribution in [0.15, 0.2) is 22.7 Å². The van der Waals surface area contributed by atoms with Crippen molar-refractivity contribution in [1.82, 2.24) is 10.2 Å². The zero-order chi connectivity index (χ0) is 14.6. The van der Waals surface area contributed by atoms with Gasteiger partial charge in [0.05, 0.1) is 5.02 Å². The van der Waals surface area contributed by atoms with E-state index in [-0.39, 0.29) is 5.91 Å². The second-order valence-corrected chi connectivity index (χ2v) is 6.38. The standard InChI is InChI=1S/C14H20BrClN2O/c1-9(2)13(18(3)4)8-17-14(19)10-5-6-11(15)12(16)7-10/h5-7,9,13H,8H2,1-4H3,(H,17,19). The third-order valence-corrected chi connectivity index (χ3v) is 4.32. The molecule has 0 aromatic heterocycles. The lowest BCUT2D eigenvalue weighted by molar-refractivity contribution is 0.0934. The molecule has 0 spiro atoms. The Morgan fingerprint density at radius 1 is 1.42 bits per heavy atom. The second kappa shape index (κ2) is 7.27. The minimum Gasteiger partial charge on any atom is -0.350 e. The summed E-state index contributed by atoms with van der Waals surface area (Å²) in [5.41, 5.74) is 0.578. The third-order valence-electron chi connectivity index (χ3n) is 3.09. The largest absolute Gasteiger partial charge is 0.350 e. The van der Waals surface area contributed by atoms with Gasteiger partial charge in [-0.1, -0.05) is 25.4 Å². The first-order chi connectivity index (χ1) is 8.82. The number of halogens is 2. The van der Waals surface area contributed by atoms with Gasteiger partial charge in [0.25, 0.3) is 5.91 Å². The number of rotatable bonds is 5. The number of hydrogen-bond donors (Lipinski definition) is 1. The topological polar surface area (TPSA) is 32.3 Å². The predicted octanol–water partition coefficient (Wildman–Crippen LogP) is 3.42. The lowest BCUT2D eigenvalue weighted by Crippen LogP contribution is -2.43. The summed E-state index contributed by atoms with van der Waals surface area (Å²) >= 11 is 9.29. The summed E-state index contributed by atoms with van der Waals surface area (Å²) in [4.78, 5) is 14.2. The van der Waals surface area contributed by atoms with Gasteiger partial charge in [-0.3, -0.25) is 4.79 Å². The Labute approximate surface area is 128 Å². The number of carbonyl (C=O) groups excluding carboxylic acids is 1. The molecule has 19 heavy (non-hydrogen) atoms. The van der Waals surface area contributed by atoms with Gasteiger partial charge in [0.1, 0.15) is 0 Å². The number of nitrogens with zero attached hydrogens (tertiary/aromatic N) is 1. The molecule has 1 rings (SSSR count). The van der Waals surface area contributed by atoms with Crippen LogP contribution in [0.4, 0.5) is 0 Å². The molecule has 0 aliphatic rings. The van der Waals surface area contributed by atoms with Crippen molar-refractivity contribution in [2.24, 2.45) is 5.92 Å². The molecule has 1 N–H and O–H groups in total. The van der Waals surface area contributed by atoms with E-state index >= 15 is 0 Å². The fraction of sp³-hybridized carbons (Fsp3) is 0.500. The molecule has 0 aliphatic carbocycles. The van der Waals surface area contributed by atoms with Crippen molar-refractivity contribution in [1.29, 1.82) is 0 Å². The molecule has 1 unspecified atom stereocenters. The molecule has 1 atom stereocenters. The molecule has 0 saturated heterocycles. The van der Waals surface area contributed by atoms with Gasteiger partial charge in [0.2, 0.25) is 0 Å². The summed E-state index contributed by atoms with van der Waals surface area (Å²) in [6.07, 6.45) is 0. The molecule has 3 nitrogen and oxygen atoms in total. The van der Waals surface area contributed by atoms with Gasteiger partial charge in [-0.15, -0.1) is 0 Å². The van der Waals surface area contributed by atoms with Gasteiger partial charge < -0.3 is 10.2 Å². The van der Waals surface area contributed by atoms with Gasteiger partial charge in [-0.05, 0) is 54.1 Å². The van der Waals surface area contributed by atoms with Crippen molar-refractivity contribution in [3.05, 3.63) is 33.3 Å². The summed E-state index contributed by atoms with van der Waals surface area (Å²) in [6.45, 7) is 4.91. The van der Waals surface area contributed by atoms with Crippen LogP contribution in [-0.4, -0.2) is 37.5 Å².